The number of likely N-dealkylation sites (tertiary alicyclic amines) is 1. The van der Waals surface area contributed by atoms with E-state index in [-0.39, 0.29) is 29.6 Å². The average Bonchev–Trinajstić information content (AvgIpc) is 2.70. The van der Waals surface area contributed by atoms with Crippen molar-refractivity contribution in [2.75, 3.05) is 40.3 Å². The van der Waals surface area contributed by atoms with Crippen molar-refractivity contribution in [2.45, 2.75) is 26.3 Å². The van der Waals surface area contributed by atoms with E-state index in [2.05, 4.69) is 17.1 Å². The van der Waals surface area contributed by atoms with E-state index in [0.29, 0.717) is 13.1 Å². The first-order chi connectivity index (χ1) is 8.77. The highest BCUT2D eigenvalue weighted by Gasteiger charge is 2.33. The van der Waals surface area contributed by atoms with Gasteiger partial charge in [-0.2, -0.15) is 0 Å². The number of nitrogens with two attached hydrogens (primary N) is 1. The molecule has 0 aromatic carbocycles. The van der Waals surface area contributed by atoms with Crippen molar-refractivity contribution in [2.24, 2.45) is 11.1 Å². The quantitative estimate of drug-likeness (QED) is 0.729. The third kappa shape index (κ3) is 5.26. The summed E-state index contributed by atoms with van der Waals surface area (Å²) in [7, 11) is 3.36. The second-order valence-electron chi connectivity index (χ2n) is 6.00. The minimum Gasteiger partial charge on any atom is -0.347 e. The lowest BCUT2D eigenvalue weighted by atomic mass is 9.90. The summed E-state index contributed by atoms with van der Waals surface area (Å²) in [4.78, 5) is 27.1. The van der Waals surface area contributed by atoms with E-state index in [1.54, 1.807) is 21.0 Å². The van der Waals surface area contributed by atoms with Crippen LogP contribution < -0.4 is 11.1 Å². The maximum Gasteiger partial charge on any atom is 0.244 e. The molecule has 6 nitrogen and oxygen atoms in total. The second-order valence-corrected chi connectivity index (χ2v) is 6.00. The first kappa shape index (κ1) is 19.1. The first-order valence-corrected chi connectivity index (χ1v) is 6.70. The lowest BCUT2D eigenvalue weighted by molar-refractivity contribution is -0.134. The normalized spacial score (nSPS) is 23.9. The Balaban J connectivity index is 0.00000361. The molecule has 1 rings (SSSR count). The summed E-state index contributed by atoms with van der Waals surface area (Å²) < 4.78 is 0. The zero-order chi connectivity index (χ0) is 14.6. The Morgan fingerprint density at radius 3 is 2.50 bits per heavy atom. The summed E-state index contributed by atoms with van der Waals surface area (Å²) in [6.45, 7) is 6.54. The van der Waals surface area contributed by atoms with Crippen LogP contribution in [-0.4, -0.2) is 67.9 Å². The third-order valence-electron chi connectivity index (χ3n) is 3.69. The van der Waals surface area contributed by atoms with Crippen LogP contribution in [0.25, 0.3) is 0 Å². The summed E-state index contributed by atoms with van der Waals surface area (Å²) in [5.41, 5.74) is 5.85. The molecule has 0 saturated carbocycles. The molecule has 0 aromatic rings. The van der Waals surface area contributed by atoms with Crippen LogP contribution in [0, 0.1) is 5.41 Å². The molecule has 3 N–H and O–H groups in total. The number of hydrogen-bond acceptors (Lipinski definition) is 4. The van der Waals surface area contributed by atoms with E-state index >= 15 is 0 Å². The van der Waals surface area contributed by atoms with Crippen molar-refractivity contribution in [1.82, 2.24) is 15.1 Å². The predicted octanol–water partition coefficient (Wildman–Crippen LogP) is -0.328. The first-order valence-electron chi connectivity index (χ1n) is 6.70. The van der Waals surface area contributed by atoms with Crippen LogP contribution in [-0.2, 0) is 9.59 Å². The SMILES string of the molecule is CC(NC(=O)CN1CCC(C)(CN)C1)C(=O)N(C)C.Cl. The van der Waals surface area contributed by atoms with Crippen LogP contribution >= 0.6 is 12.4 Å². The van der Waals surface area contributed by atoms with Gasteiger partial charge in [0.2, 0.25) is 11.8 Å². The van der Waals surface area contributed by atoms with E-state index in [9.17, 15) is 9.59 Å². The van der Waals surface area contributed by atoms with E-state index < -0.39 is 6.04 Å². The molecule has 1 aliphatic heterocycles. The average molecular weight is 307 g/mol. The standard InChI is InChI=1S/C13H26N4O2.ClH/c1-10(12(19)16(3)4)15-11(18)7-17-6-5-13(2,8-14)9-17;/h10H,5-9,14H2,1-4H3,(H,15,18);1H. The van der Waals surface area contributed by atoms with Crippen molar-refractivity contribution in [3.8, 4) is 0 Å². The highest BCUT2D eigenvalue weighted by atomic mass is 35.5. The Bertz CT molecular complexity index is 351. The molecular weight excluding hydrogens is 280 g/mol. The summed E-state index contributed by atoms with van der Waals surface area (Å²) in [5.74, 6) is -0.203. The highest BCUT2D eigenvalue weighted by molar-refractivity contribution is 5.87. The van der Waals surface area contributed by atoms with Gasteiger partial charge in [0, 0.05) is 20.6 Å². The summed E-state index contributed by atoms with van der Waals surface area (Å²) in [5, 5.41) is 2.73. The molecule has 0 aliphatic carbocycles. The molecule has 0 spiro atoms. The van der Waals surface area contributed by atoms with Gasteiger partial charge in [0.25, 0.3) is 0 Å². The van der Waals surface area contributed by atoms with Crippen molar-refractivity contribution in [1.29, 1.82) is 0 Å². The third-order valence-corrected chi connectivity index (χ3v) is 3.69. The van der Waals surface area contributed by atoms with Crippen LogP contribution in [0.5, 0.6) is 0 Å². The number of carbonyl (C=O) groups excluding carboxylic acids is 2. The van der Waals surface area contributed by atoms with Gasteiger partial charge in [-0.1, -0.05) is 6.92 Å². The summed E-state index contributed by atoms with van der Waals surface area (Å²) >= 11 is 0. The van der Waals surface area contributed by atoms with Crippen LogP contribution in [0.15, 0.2) is 0 Å². The Kier molecular flexibility index (Phi) is 7.47. The summed E-state index contributed by atoms with van der Waals surface area (Å²) in [6.07, 6.45) is 1.02. The number of nitrogens with zero attached hydrogens (tertiary/aromatic N) is 2. The van der Waals surface area contributed by atoms with Gasteiger partial charge in [0.1, 0.15) is 6.04 Å². The number of likely N-dealkylation sites (N-methyl/N-ethyl adjacent to an activating group) is 1. The van der Waals surface area contributed by atoms with Gasteiger partial charge in [0.05, 0.1) is 6.54 Å². The number of rotatable bonds is 5. The number of nitrogens with one attached hydrogen (secondary N) is 1. The monoisotopic (exact) mass is 306 g/mol. The lowest BCUT2D eigenvalue weighted by Crippen LogP contribution is -2.47. The lowest BCUT2D eigenvalue weighted by Gasteiger charge is -2.23. The van der Waals surface area contributed by atoms with Gasteiger partial charge in [-0.3, -0.25) is 14.5 Å². The van der Waals surface area contributed by atoms with Crippen molar-refractivity contribution < 1.29 is 9.59 Å². The molecule has 7 heteroatoms. The Morgan fingerprint density at radius 1 is 1.45 bits per heavy atom. The largest absolute Gasteiger partial charge is 0.347 e. The fourth-order valence-electron chi connectivity index (χ4n) is 2.37. The maximum absolute atomic E-state index is 11.9. The molecule has 1 fully saturated rings. The van der Waals surface area contributed by atoms with Gasteiger partial charge in [-0.15, -0.1) is 12.4 Å². The Morgan fingerprint density at radius 2 is 2.05 bits per heavy atom. The van der Waals surface area contributed by atoms with Crippen LogP contribution in [0.4, 0.5) is 0 Å². The van der Waals surface area contributed by atoms with E-state index in [0.717, 1.165) is 19.5 Å². The molecule has 1 heterocycles. The zero-order valence-corrected chi connectivity index (χ0v) is 13.6. The minimum absolute atomic E-state index is 0. The van der Waals surface area contributed by atoms with Gasteiger partial charge < -0.3 is 16.0 Å². The number of halogens is 1. The van der Waals surface area contributed by atoms with Gasteiger partial charge >= 0.3 is 0 Å². The van der Waals surface area contributed by atoms with Crippen LogP contribution in [0.1, 0.15) is 20.3 Å². The molecule has 2 unspecified atom stereocenters. The fraction of sp³-hybridized carbons (Fsp3) is 0.846. The molecule has 118 valence electrons. The van der Waals surface area contributed by atoms with Gasteiger partial charge in [0.15, 0.2) is 0 Å². The fourth-order valence-corrected chi connectivity index (χ4v) is 2.37. The molecule has 0 bridgehead atoms. The smallest absolute Gasteiger partial charge is 0.244 e. The predicted molar refractivity (Wildman–Crippen MR) is 81.8 cm³/mol. The summed E-state index contributed by atoms with van der Waals surface area (Å²) in [6, 6.07) is -0.481. The van der Waals surface area contributed by atoms with Crippen LogP contribution in [0.2, 0.25) is 0 Å². The molecular formula is C13H27ClN4O2. The van der Waals surface area contributed by atoms with E-state index in [1.165, 1.54) is 4.90 Å². The number of amides is 2. The van der Waals surface area contributed by atoms with Crippen molar-refractivity contribution >= 4 is 24.2 Å². The maximum atomic E-state index is 11.9. The Hall–Kier alpha value is -0.850. The minimum atomic E-state index is -0.481. The molecule has 2 amide bonds. The molecule has 1 saturated heterocycles. The highest BCUT2D eigenvalue weighted by Crippen LogP contribution is 2.27. The van der Waals surface area contributed by atoms with Crippen molar-refractivity contribution in [3.63, 3.8) is 0 Å². The zero-order valence-electron chi connectivity index (χ0n) is 12.8. The Labute approximate surface area is 127 Å². The molecule has 1 aliphatic rings. The number of hydrogen-bond donors (Lipinski definition) is 2. The van der Waals surface area contributed by atoms with Gasteiger partial charge in [-0.25, -0.2) is 0 Å². The molecule has 0 aromatic heterocycles. The molecule has 2 atom stereocenters. The van der Waals surface area contributed by atoms with Crippen molar-refractivity contribution in [3.05, 3.63) is 0 Å². The number of carbonyl (C=O) groups is 2. The topological polar surface area (TPSA) is 78.7 Å². The molecule has 20 heavy (non-hydrogen) atoms. The van der Waals surface area contributed by atoms with E-state index in [4.69, 9.17) is 5.73 Å². The van der Waals surface area contributed by atoms with Crippen LogP contribution in [0.3, 0.4) is 0 Å². The van der Waals surface area contributed by atoms with Gasteiger partial charge in [-0.05, 0) is 31.8 Å². The molecule has 0 radical (unpaired) electrons. The second kappa shape index (κ2) is 7.81. The van der Waals surface area contributed by atoms with E-state index in [1.807, 2.05) is 0 Å².